The van der Waals surface area contributed by atoms with Crippen LogP contribution in [0.25, 0.3) is 0 Å². The Morgan fingerprint density at radius 2 is 1.86 bits per heavy atom. The molecule has 4 rings (SSSR count). The lowest BCUT2D eigenvalue weighted by atomic mass is 9.49. The summed E-state index contributed by atoms with van der Waals surface area (Å²) in [5.41, 5.74) is 3.70. The van der Waals surface area contributed by atoms with E-state index in [2.05, 4.69) is 39.0 Å². The lowest BCUT2D eigenvalue weighted by molar-refractivity contribution is -0.116. The van der Waals surface area contributed by atoms with Gasteiger partial charge in [-0.3, -0.25) is 4.79 Å². The van der Waals surface area contributed by atoms with E-state index in [0.717, 1.165) is 24.7 Å². The molecule has 0 aromatic rings. The van der Waals surface area contributed by atoms with Crippen molar-refractivity contribution in [1.29, 1.82) is 0 Å². The third-order valence-corrected chi connectivity index (χ3v) is 7.71. The van der Waals surface area contributed by atoms with Crippen molar-refractivity contribution < 1.29 is 4.79 Å². The topological polar surface area (TPSA) is 17.1 Å². The standard InChI is InChI=1S/C21H28O/c1-4-14-6-8-18-17-7-5-15-13-16(22)9-11-21(15,3)19(17)10-12-20(14,18)2/h4-5,7,13,17-19H,6,8-12H2,1-3H3/b14-4-/t17?,18?,19?,20-,21+/m1/s1. The maximum atomic E-state index is 11.8. The summed E-state index contributed by atoms with van der Waals surface area (Å²) < 4.78 is 0. The molecule has 5 atom stereocenters. The molecule has 0 spiro atoms. The molecule has 0 amide bonds. The molecule has 0 aliphatic heterocycles. The van der Waals surface area contributed by atoms with Crippen LogP contribution in [0.3, 0.4) is 0 Å². The lowest BCUT2D eigenvalue weighted by Gasteiger charge is -2.55. The van der Waals surface area contributed by atoms with Crippen LogP contribution in [0.4, 0.5) is 0 Å². The number of ketones is 1. The van der Waals surface area contributed by atoms with Crippen LogP contribution in [0.15, 0.2) is 35.5 Å². The Morgan fingerprint density at radius 3 is 2.64 bits per heavy atom. The van der Waals surface area contributed by atoms with Gasteiger partial charge in [0.2, 0.25) is 0 Å². The van der Waals surface area contributed by atoms with Gasteiger partial charge in [-0.1, -0.05) is 37.6 Å². The highest BCUT2D eigenvalue weighted by Crippen LogP contribution is 2.64. The maximum absolute atomic E-state index is 11.8. The highest BCUT2D eigenvalue weighted by molar-refractivity contribution is 5.92. The van der Waals surface area contributed by atoms with Crippen LogP contribution < -0.4 is 0 Å². The Labute approximate surface area is 134 Å². The zero-order valence-electron chi connectivity index (χ0n) is 14.2. The Morgan fingerprint density at radius 1 is 1.09 bits per heavy atom. The second-order valence-corrected chi connectivity index (χ2v) is 8.44. The zero-order valence-corrected chi connectivity index (χ0v) is 14.2. The van der Waals surface area contributed by atoms with E-state index >= 15 is 0 Å². The van der Waals surface area contributed by atoms with E-state index in [1.165, 1.54) is 31.3 Å². The van der Waals surface area contributed by atoms with E-state index in [0.29, 0.717) is 17.1 Å². The Balaban J connectivity index is 1.75. The van der Waals surface area contributed by atoms with Crippen molar-refractivity contribution >= 4 is 5.78 Å². The number of hydrogen-bond donors (Lipinski definition) is 0. The van der Waals surface area contributed by atoms with E-state index in [1.807, 2.05) is 6.08 Å². The van der Waals surface area contributed by atoms with Crippen molar-refractivity contribution in [2.45, 2.75) is 59.3 Å². The molecule has 0 N–H and O–H groups in total. The maximum Gasteiger partial charge on any atom is 0.156 e. The lowest BCUT2D eigenvalue weighted by Crippen LogP contribution is -2.47. The van der Waals surface area contributed by atoms with E-state index in [-0.39, 0.29) is 5.41 Å². The molecule has 2 fully saturated rings. The number of hydrogen-bond acceptors (Lipinski definition) is 1. The summed E-state index contributed by atoms with van der Waals surface area (Å²) in [7, 11) is 0. The highest BCUT2D eigenvalue weighted by atomic mass is 16.1. The minimum absolute atomic E-state index is 0.243. The van der Waals surface area contributed by atoms with Crippen LogP contribution in [-0.2, 0) is 4.79 Å². The molecule has 22 heavy (non-hydrogen) atoms. The summed E-state index contributed by atoms with van der Waals surface area (Å²) >= 11 is 0. The van der Waals surface area contributed by atoms with Gasteiger partial charge >= 0.3 is 0 Å². The predicted molar refractivity (Wildman–Crippen MR) is 90.4 cm³/mol. The van der Waals surface area contributed by atoms with E-state index in [1.54, 1.807) is 5.57 Å². The fraction of sp³-hybridized carbons (Fsp3) is 0.667. The Kier molecular flexibility index (Phi) is 3.09. The number of rotatable bonds is 0. The quantitative estimate of drug-likeness (QED) is 0.559. The first-order valence-corrected chi connectivity index (χ1v) is 9.08. The van der Waals surface area contributed by atoms with Crippen LogP contribution in [0.1, 0.15) is 59.3 Å². The number of carbonyl (C=O) groups is 1. The number of allylic oxidation sites excluding steroid dienone is 6. The first kappa shape index (κ1) is 14.5. The third-order valence-electron chi connectivity index (χ3n) is 7.71. The van der Waals surface area contributed by atoms with Gasteiger partial charge in [-0.15, -0.1) is 0 Å². The molecule has 0 aromatic carbocycles. The average Bonchev–Trinajstić information content (AvgIpc) is 2.84. The minimum Gasteiger partial charge on any atom is -0.295 e. The molecule has 0 heterocycles. The van der Waals surface area contributed by atoms with Crippen LogP contribution in [0.2, 0.25) is 0 Å². The molecule has 2 saturated carbocycles. The molecule has 3 unspecified atom stereocenters. The van der Waals surface area contributed by atoms with Crippen molar-refractivity contribution in [3.8, 4) is 0 Å². The van der Waals surface area contributed by atoms with E-state index < -0.39 is 0 Å². The number of carbonyl (C=O) groups excluding carboxylic acids is 1. The molecule has 1 heteroatoms. The summed E-state index contributed by atoms with van der Waals surface area (Å²) in [4.78, 5) is 11.8. The summed E-state index contributed by atoms with van der Waals surface area (Å²) in [6.07, 6.45) is 16.2. The van der Waals surface area contributed by atoms with E-state index in [9.17, 15) is 4.79 Å². The van der Waals surface area contributed by atoms with Crippen LogP contribution in [-0.4, -0.2) is 5.78 Å². The minimum atomic E-state index is 0.243. The normalized spacial score (nSPS) is 48.7. The van der Waals surface area contributed by atoms with Gasteiger partial charge in [0.25, 0.3) is 0 Å². The first-order valence-electron chi connectivity index (χ1n) is 9.08. The molecular weight excluding hydrogens is 268 g/mol. The van der Waals surface area contributed by atoms with Crippen molar-refractivity contribution in [1.82, 2.24) is 0 Å². The van der Waals surface area contributed by atoms with Gasteiger partial charge in [-0.2, -0.15) is 0 Å². The summed E-state index contributed by atoms with van der Waals surface area (Å²) in [5, 5.41) is 0. The molecule has 4 aliphatic carbocycles. The van der Waals surface area contributed by atoms with Gasteiger partial charge in [0, 0.05) is 6.42 Å². The summed E-state index contributed by atoms with van der Waals surface area (Å²) in [6, 6.07) is 0. The van der Waals surface area contributed by atoms with Gasteiger partial charge in [0.1, 0.15) is 0 Å². The molecule has 1 nitrogen and oxygen atoms in total. The van der Waals surface area contributed by atoms with Crippen LogP contribution in [0.5, 0.6) is 0 Å². The smallest absolute Gasteiger partial charge is 0.156 e. The second kappa shape index (κ2) is 4.69. The Bertz CT molecular complexity index is 607. The van der Waals surface area contributed by atoms with Gasteiger partial charge in [0.05, 0.1) is 0 Å². The molecule has 0 radical (unpaired) electrons. The van der Waals surface area contributed by atoms with Gasteiger partial charge in [-0.05, 0) is 79.3 Å². The fourth-order valence-electron chi connectivity index (χ4n) is 6.32. The molecule has 118 valence electrons. The highest BCUT2D eigenvalue weighted by Gasteiger charge is 2.56. The van der Waals surface area contributed by atoms with Crippen LogP contribution >= 0.6 is 0 Å². The van der Waals surface area contributed by atoms with E-state index in [4.69, 9.17) is 0 Å². The predicted octanol–water partition coefficient (Wildman–Crippen LogP) is 5.24. The second-order valence-electron chi connectivity index (χ2n) is 8.44. The summed E-state index contributed by atoms with van der Waals surface area (Å²) in [5.74, 6) is 2.59. The van der Waals surface area contributed by atoms with Crippen molar-refractivity contribution in [3.05, 3.63) is 35.5 Å². The van der Waals surface area contributed by atoms with Gasteiger partial charge in [-0.25, -0.2) is 0 Å². The van der Waals surface area contributed by atoms with Gasteiger partial charge < -0.3 is 0 Å². The van der Waals surface area contributed by atoms with Crippen molar-refractivity contribution in [2.24, 2.45) is 28.6 Å². The first-order chi connectivity index (χ1) is 10.5. The average molecular weight is 296 g/mol. The van der Waals surface area contributed by atoms with Crippen molar-refractivity contribution in [2.75, 3.05) is 0 Å². The largest absolute Gasteiger partial charge is 0.295 e. The van der Waals surface area contributed by atoms with Gasteiger partial charge in [0.15, 0.2) is 5.78 Å². The van der Waals surface area contributed by atoms with Crippen LogP contribution in [0, 0.1) is 28.6 Å². The Hall–Kier alpha value is -1.11. The fourth-order valence-corrected chi connectivity index (χ4v) is 6.32. The summed E-state index contributed by atoms with van der Waals surface area (Å²) in [6.45, 7) is 7.17. The SMILES string of the molecule is C/C=C1/CCC2C3C=CC4=CC(=O)CC[C@]4(C)C3CC[C@]12C. The molecular formula is C21H28O. The molecule has 0 saturated heterocycles. The van der Waals surface area contributed by atoms with Crippen molar-refractivity contribution in [3.63, 3.8) is 0 Å². The molecule has 0 aromatic heterocycles. The monoisotopic (exact) mass is 296 g/mol. The zero-order chi connectivity index (χ0) is 15.5. The molecule has 4 aliphatic rings. The third kappa shape index (κ3) is 1.74. The number of fused-ring (bicyclic) bond motifs is 5. The molecule has 0 bridgehead atoms.